The molecule has 1 aliphatic rings. The number of aliphatic hydroxyl groups is 1. The molecular formula is C21H27NO4. The first-order chi connectivity index (χ1) is 12.7. The third-order valence-electron chi connectivity index (χ3n) is 4.79. The summed E-state index contributed by atoms with van der Waals surface area (Å²) in [4.78, 5) is 2.36. The minimum atomic E-state index is -0.470. The fourth-order valence-electron chi connectivity index (χ4n) is 3.25. The van der Waals surface area contributed by atoms with Crippen molar-refractivity contribution in [2.75, 3.05) is 27.3 Å². The molecule has 5 heteroatoms. The standard InChI is InChI=1S/C21H27NO4/c1-24-17-8-6-16(7-9-17)15-22-12-10-20(23)21(11-13-22)26-19-5-3-4-18(14-19)25-2/h3-9,14,20-21,23H,10-13,15H2,1-2H3/t20-,21-/m0/s1. The zero-order chi connectivity index (χ0) is 18.4. The van der Waals surface area contributed by atoms with Crippen LogP contribution in [0.25, 0.3) is 0 Å². The molecule has 0 bridgehead atoms. The van der Waals surface area contributed by atoms with Gasteiger partial charge in [-0.25, -0.2) is 0 Å². The zero-order valence-electron chi connectivity index (χ0n) is 15.4. The molecule has 5 nitrogen and oxygen atoms in total. The molecule has 0 spiro atoms. The quantitative estimate of drug-likeness (QED) is 0.861. The van der Waals surface area contributed by atoms with Crippen LogP contribution in [0.4, 0.5) is 0 Å². The van der Waals surface area contributed by atoms with Gasteiger partial charge in [0, 0.05) is 25.7 Å². The number of likely N-dealkylation sites (tertiary alicyclic amines) is 1. The Morgan fingerprint density at radius 3 is 2.35 bits per heavy atom. The van der Waals surface area contributed by atoms with Gasteiger partial charge in [0.2, 0.25) is 0 Å². The number of aliphatic hydroxyl groups excluding tert-OH is 1. The molecular weight excluding hydrogens is 330 g/mol. The number of nitrogens with zero attached hydrogens (tertiary/aromatic N) is 1. The Morgan fingerprint density at radius 1 is 0.923 bits per heavy atom. The second-order valence-corrected chi connectivity index (χ2v) is 6.60. The Balaban J connectivity index is 1.58. The number of hydrogen-bond donors (Lipinski definition) is 1. The molecule has 0 radical (unpaired) electrons. The first kappa shape index (κ1) is 18.5. The molecule has 2 atom stereocenters. The molecule has 1 saturated heterocycles. The Morgan fingerprint density at radius 2 is 1.62 bits per heavy atom. The van der Waals surface area contributed by atoms with E-state index in [2.05, 4.69) is 17.0 Å². The molecule has 26 heavy (non-hydrogen) atoms. The highest BCUT2D eigenvalue weighted by molar-refractivity contribution is 5.33. The summed E-state index contributed by atoms with van der Waals surface area (Å²) in [6.45, 7) is 2.60. The molecule has 1 N–H and O–H groups in total. The van der Waals surface area contributed by atoms with Gasteiger partial charge in [-0.15, -0.1) is 0 Å². The SMILES string of the molecule is COc1ccc(CN2CC[C@H](Oc3cccc(OC)c3)[C@@H](O)CC2)cc1. The van der Waals surface area contributed by atoms with Crippen LogP contribution < -0.4 is 14.2 Å². The van der Waals surface area contributed by atoms with Gasteiger partial charge in [0.1, 0.15) is 23.4 Å². The first-order valence-corrected chi connectivity index (χ1v) is 9.02. The summed E-state index contributed by atoms with van der Waals surface area (Å²) in [5.41, 5.74) is 1.24. The van der Waals surface area contributed by atoms with Crippen molar-refractivity contribution in [1.82, 2.24) is 4.90 Å². The molecule has 1 fully saturated rings. The Hall–Kier alpha value is -2.24. The molecule has 3 rings (SSSR count). The number of benzene rings is 2. The topological polar surface area (TPSA) is 51.2 Å². The van der Waals surface area contributed by atoms with Gasteiger partial charge in [-0.1, -0.05) is 18.2 Å². The van der Waals surface area contributed by atoms with Gasteiger partial charge in [0.05, 0.1) is 20.3 Å². The van der Waals surface area contributed by atoms with Crippen LogP contribution in [-0.4, -0.2) is 49.5 Å². The van der Waals surface area contributed by atoms with E-state index in [1.54, 1.807) is 14.2 Å². The van der Waals surface area contributed by atoms with E-state index in [9.17, 15) is 5.11 Å². The predicted molar refractivity (Wildman–Crippen MR) is 101 cm³/mol. The van der Waals surface area contributed by atoms with Crippen LogP contribution in [0.15, 0.2) is 48.5 Å². The molecule has 2 aromatic carbocycles. The maximum atomic E-state index is 10.5. The molecule has 2 aromatic rings. The van der Waals surface area contributed by atoms with Crippen LogP contribution >= 0.6 is 0 Å². The lowest BCUT2D eigenvalue weighted by molar-refractivity contribution is 0.0349. The van der Waals surface area contributed by atoms with Crippen molar-refractivity contribution in [3.63, 3.8) is 0 Å². The van der Waals surface area contributed by atoms with Gasteiger partial charge in [0.15, 0.2) is 0 Å². The Labute approximate surface area is 155 Å². The number of hydrogen-bond acceptors (Lipinski definition) is 5. The molecule has 0 saturated carbocycles. The smallest absolute Gasteiger partial charge is 0.126 e. The molecule has 140 valence electrons. The fourth-order valence-corrected chi connectivity index (χ4v) is 3.25. The van der Waals surface area contributed by atoms with Gasteiger partial charge < -0.3 is 19.3 Å². The summed E-state index contributed by atoms with van der Waals surface area (Å²) in [6, 6.07) is 15.7. The van der Waals surface area contributed by atoms with Crippen LogP contribution in [0.2, 0.25) is 0 Å². The summed E-state index contributed by atoms with van der Waals surface area (Å²) in [6.07, 6.45) is 0.810. The maximum absolute atomic E-state index is 10.5. The van der Waals surface area contributed by atoms with E-state index in [1.807, 2.05) is 36.4 Å². The predicted octanol–water partition coefficient (Wildman–Crippen LogP) is 3.11. The number of ether oxygens (including phenoxy) is 3. The van der Waals surface area contributed by atoms with Crippen molar-refractivity contribution in [2.45, 2.75) is 31.6 Å². The van der Waals surface area contributed by atoms with Crippen LogP contribution in [0, 0.1) is 0 Å². The lowest BCUT2D eigenvalue weighted by Crippen LogP contribution is -2.31. The maximum Gasteiger partial charge on any atom is 0.126 e. The highest BCUT2D eigenvalue weighted by atomic mass is 16.5. The van der Waals surface area contributed by atoms with Crippen LogP contribution in [0.5, 0.6) is 17.2 Å². The summed E-state index contributed by atoms with van der Waals surface area (Å²) in [5.74, 6) is 2.36. The summed E-state index contributed by atoms with van der Waals surface area (Å²) < 4.78 is 16.5. The third-order valence-corrected chi connectivity index (χ3v) is 4.79. The van der Waals surface area contributed by atoms with Crippen LogP contribution in [-0.2, 0) is 6.54 Å². The van der Waals surface area contributed by atoms with E-state index in [4.69, 9.17) is 14.2 Å². The van der Waals surface area contributed by atoms with Gasteiger partial charge in [-0.3, -0.25) is 4.90 Å². The normalized spacial score (nSPS) is 21.0. The number of rotatable bonds is 6. The van der Waals surface area contributed by atoms with Crippen molar-refractivity contribution in [1.29, 1.82) is 0 Å². The average molecular weight is 357 g/mol. The third kappa shape index (κ3) is 4.90. The molecule has 0 aromatic heterocycles. The van der Waals surface area contributed by atoms with E-state index in [0.29, 0.717) is 6.42 Å². The molecule has 0 amide bonds. The Bertz CT molecular complexity index is 689. The largest absolute Gasteiger partial charge is 0.497 e. The second-order valence-electron chi connectivity index (χ2n) is 6.60. The monoisotopic (exact) mass is 357 g/mol. The van der Waals surface area contributed by atoms with Gasteiger partial charge in [-0.05, 0) is 42.7 Å². The van der Waals surface area contributed by atoms with Crippen LogP contribution in [0.1, 0.15) is 18.4 Å². The Kier molecular flexibility index (Phi) is 6.36. The summed E-state index contributed by atoms with van der Waals surface area (Å²) in [7, 11) is 3.31. The lowest BCUT2D eigenvalue weighted by Gasteiger charge is -2.22. The van der Waals surface area contributed by atoms with Gasteiger partial charge in [-0.2, -0.15) is 0 Å². The van der Waals surface area contributed by atoms with Crippen molar-refractivity contribution >= 4 is 0 Å². The summed E-state index contributed by atoms with van der Waals surface area (Å²) in [5, 5.41) is 10.5. The van der Waals surface area contributed by atoms with E-state index in [1.165, 1.54) is 5.56 Å². The van der Waals surface area contributed by atoms with E-state index in [-0.39, 0.29) is 6.10 Å². The summed E-state index contributed by atoms with van der Waals surface area (Å²) >= 11 is 0. The zero-order valence-corrected chi connectivity index (χ0v) is 15.4. The molecule has 1 aliphatic heterocycles. The van der Waals surface area contributed by atoms with E-state index in [0.717, 1.165) is 43.3 Å². The van der Waals surface area contributed by atoms with E-state index < -0.39 is 6.10 Å². The number of methoxy groups -OCH3 is 2. The average Bonchev–Trinajstić information content (AvgIpc) is 2.85. The highest BCUT2D eigenvalue weighted by Gasteiger charge is 2.26. The van der Waals surface area contributed by atoms with E-state index >= 15 is 0 Å². The van der Waals surface area contributed by atoms with Crippen molar-refractivity contribution in [2.24, 2.45) is 0 Å². The van der Waals surface area contributed by atoms with Gasteiger partial charge >= 0.3 is 0 Å². The first-order valence-electron chi connectivity index (χ1n) is 9.02. The minimum Gasteiger partial charge on any atom is -0.497 e. The highest BCUT2D eigenvalue weighted by Crippen LogP contribution is 2.24. The molecule has 0 unspecified atom stereocenters. The second kappa shape index (κ2) is 8.92. The van der Waals surface area contributed by atoms with Crippen molar-refractivity contribution < 1.29 is 19.3 Å². The lowest BCUT2D eigenvalue weighted by atomic mass is 10.1. The van der Waals surface area contributed by atoms with Crippen LogP contribution in [0.3, 0.4) is 0 Å². The molecule has 1 heterocycles. The van der Waals surface area contributed by atoms with Crippen molar-refractivity contribution in [3.8, 4) is 17.2 Å². The fraction of sp³-hybridized carbons (Fsp3) is 0.429. The molecule has 0 aliphatic carbocycles. The minimum absolute atomic E-state index is 0.206. The van der Waals surface area contributed by atoms with Crippen molar-refractivity contribution in [3.05, 3.63) is 54.1 Å². The van der Waals surface area contributed by atoms with Gasteiger partial charge in [0.25, 0.3) is 0 Å².